The monoisotopic (exact) mass is 274 g/mol. The molecule has 0 nitrogen and oxygen atoms in total. The Morgan fingerprint density at radius 1 is 0.778 bits per heavy atom. The molecule has 0 saturated heterocycles. The molecule has 0 aromatic heterocycles. The van der Waals surface area contributed by atoms with E-state index in [1.165, 1.54) is 0 Å². The molecule has 7 heteroatoms. The van der Waals surface area contributed by atoms with Crippen molar-refractivity contribution in [3.05, 3.63) is 12.2 Å². The van der Waals surface area contributed by atoms with E-state index >= 15 is 0 Å². The fraction of sp³-hybridized carbons (Fsp3) is 0.818. The second-order valence-electron chi connectivity index (χ2n) is 5.41. The third-order valence-corrected chi connectivity index (χ3v) is 4.76. The molecule has 2 fully saturated rings. The fourth-order valence-electron chi connectivity index (χ4n) is 3.73. The Hall–Kier alpha value is -0.750. The van der Waals surface area contributed by atoms with Gasteiger partial charge in [-0.05, 0) is 13.3 Å². The molecular formula is C11H9F7. The Bertz CT molecular complexity index is 416. The predicted octanol–water partition coefficient (Wildman–Crippen LogP) is 3.62. The highest BCUT2D eigenvalue weighted by atomic mass is 19.3. The van der Waals surface area contributed by atoms with Crippen molar-refractivity contribution in [1.29, 1.82) is 0 Å². The van der Waals surface area contributed by atoms with Crippen LogP contribution in [0.25, 0.3) is 0 Å². The Morgan fingerprint density at radius 3 is 1.67 bits per heavy atom. The molecule has 5 unspecified atom stereocenters. The van der Waals surface area contributed by atoms with E-state index in [2.05, 4.69) is 0 Å². The van der Waals surface area contributed by atoms with Crippen LogP contribution in [0, 0.1) is 11.8 Å². The minimum absolute atomic E-state index is 0.0246. The van der Waals surface area contributed by atoms with Crippen LogP contribution in [0.5, 0.6) is 0 Å². The molecule has 3 aliphatic rings. The van der Waals surface area contributed by atoms with Gasteiger partial charge in [-0.3, -0.25) is 0 Å². The molecule has 5 atom stereocenters. The van der Waals surface area contributed by atoms with Gasteiger partial charge in [0.15, 0.2) is 5.67 Å². The Kier molecular flexibility index (Phi) is 1.76. The van der Waals surface area contributed by atoms with E-state index in [-0.39, 0.29) is 6.92 Å². The van der Waals surface area contributed by atoms with Crippen molar-refractivity contribution >= 4 is 0 Å². The Labute approximate surface area is 97.8 Å². The number of rotatable bonds is 0. The maximum absolute atomic E-state index is 14.6. The van der Waals surface area contributed by atoms with Gasteiger partial charge in [0, 0.05) is 11.8 Å². The highest BCUT2D eigenvalue weighted by Gasteiger charge is 3.00. The van der Waals surface area contributed by atoms with Gasteiger partial charge < -0.3 is 0 Å². The minimum Gasteiger partial charge on any atom is -0.236 e. The van der Waals surface area contributed by atoms with Gasteiger partial charge in [0.25, 0.3) is 0 Å². The van der Waals surface area contributed by atoms with E-state index in [4.69, 9.17) is 0 Å². The fourth-order valence-corrected chi connectivity index (χ4v) is 3.73. The minimum atomic E-state index is -5.38. The maximum atomic E-state index is 14.6. The lowest BCUT2D eigenvalue weighted by Crippen LogP contribution is -2.59. The summed E-state index contributed by atoms with van der Waals surface area (Å²) < 4.78 is 97.2. The molecule has 0 heterocycles. The molecule has 0 aromatic carbocycles. The van der Waals surface area contributed by atoms with Gasteiger partial charge >= 0.3 is 11.8 Å². The molecule has 2 saturated carbocycles. The lowest BCUT2D eigenvalue weighted by molar-refractivity contribution is -0.266. The number of fused-ring (bicyclic) bond motifs is 5. The Balaban J connectivity index is 2.35. The first-order valence-corrected chi connectivity index (χ1v) is 5.47. The zero-order valence-electron chi connectivity index (χ0n) is 9.16. The normalized spacial score (nSPS) is 59.1. The van der Waals surface area contributed by atoms with Crippen molar-refractivity contribution in [3.8, 4) is 0 Å². The summed E-state index contributed by atoms with van der Waals surface area (Å²) in [6.45, 7) is 0.0246. The van der Waals surface area contributed by atoms with Crippen LogP contribution < -0.4 is 0 Å². The van der Waals surface area contributed by atoms with E-state index < -0.39 is 47.1 Å². The first-order valence-electron chi connectivity index (χ1n) is 5.47. The Morgan fingerprint density at radius 2 is 1.22 bits per heavy atom. The van der Waals surface area contributed by atoms with Crippen molar-refractivity contribution in [1.82, 2.24) is 0 Å². The van der Waals surface area contributed by atoms with Gasteiger partial charge in [-0.1, -0.05) is 12.2 Å². The van der Waals surface area contributed by atoms with Crippen LogP contribution >= 0.6 is 0 Å². The molecule has 0 aromatic rings. The van der Waals surface area contributed by atoms with Crippen molar-refractivity contribution in [2.45, 2.75) is 42.2 Å². The van der Waals surface area contributed by atoms with Crippen LogP contribution in [0.1, 0.15) is 13.3 Å². The quantitative estimate of drug-likeness (QED) is 0.467. The molecule has 0 radical (unpaired) electrons. The summed E-state index contributed by atoms with van der Waals surface area (Å²) in [5.41, 5.74) is -12.3. The van der Waals surface area contributed by atoms with Gasteiger partial charge in [0.2, 0.25) is 11.3 Å². The molecule has 0 aliphatic heterocycles. The lowest BCUT2D eigenvalue weighted by Gasteiger charge is -2.39. The van der Waals surface area contributed by atoms with E-state index in [0.717, 1.165) is 12.2 Å². The second-order valence-corrected chi connectivity index (χ2v) is 5.41. The highest BCUT2D eigenvalue weighted by Crippen LogP contribution is 2.77. The van der Waals surface area contributed by atoms with E-state index in [0.29, 0.717) is 0 Å². The number of hydrogen-bond donors (Lipinski definition) is 0. The van der Waals surface area contributed by atoms with Crippen LogP contribution in [0.4, 0.5) is 30.7 Å². The summed E-state index contributed by atoms with van der Waals surface area (Å²) in [5.74, 6) is -14.1. The topological polar surface area (TPSA) is 0 Å². The maximum Gasteiger partial charge on any atom is 0.350 e. The molecule has 0 amide bonds. The molecular weight excluding hydrogens is 265 g/mol. The number of halogens is 7. The summed E-state index contributed by atoms with van der Waals surface area (Å²) in [4.78, 5) is 0. The predicted molar refractivity (Wildman–Crippen MR) is 47.8 cm³/mol. The van der Waals surface area contributed by atoms with Gasteiger partial charge in [0.1, 0.15) is 0 Å². The number of allylic oxidation sites excluding steroid dienone is 2. The second kappa shape index (κ2) is 2.58. The van der Waals surface area contributed by atoms with Gasteiger partial charge in [-0.15, -0.1) is 0 Å². The summed E-state index contributed by atoms with van der Waals surface area (Å²) in [6, 6.07) is 0. The lowest BCUT2D eigenvalue weighted by atomic mass is 9.74. The largest absolute Gasteiger partial charge is 0.350 e. The first kappa shape index (κ1) is 12.3. The van der Waals surface area contributed by atoms with Crippen LogP contribution in [0.15, 0.2) is 12.2 Å². The first-order chi connectivity index (χ1) is 7.96. The van der Waals surface area contributed by atoms with E-state index in [1.54, 1.807) is 0 Å². The van der Waals surface area contributed by atoms with E-state index in [9.17, 15) is 30.7 Å². The van der Waals surface area contributed by atoms with Gasteiger partial charge in [0.05, 0.1) is 0 Å². The molecule has 102 valence electrons. The van der Waals surface area contributed by atoms with Crippen molar-refractivity contribution in [3.63, 3.8) is 0 Å². The highest BCUT2D eigenvalue weighted by molar-refractivity contribution is 5.43. The summed E-state index contributed by atoms with van der Waals surface area (Å²) in [5, 5.41) is 0. The average Bonchev–Trinajstić information content (AvgIpc) is 2.82. The summed E-state index contributed by atoms with van der Waals surface area (Å²) >= 11 is 0. The van der Waals surface area contributed by atoms with Crippen molar-refractivity contribution in [2.75, 3.05) is 0 Å². The molecule has 2 bridgehead atoms. The molecule has 18 heavy (non-hydrogen) atoms. The van der Waals surface area contributed by atoms with E-state index in [1.807, 2.05) is 0 Å². The van der Waals surface area contributed by atoms with Gasteiger partial charge in [-0.2, -0.15) is 17.6 Å². The molecule has 0 N–H and O–H groups in total. The van der Waals surface area contributed by atoms with Crippen molar-refractivity contribution < 1.29 is 30.7 Å². The van der Waals surface area contributed by atoms with Crippen LogP contribution in [0.3, 0.4) is 0 Å². The summed E-state index contributed by atoms with van der Waals surface area (Å²) in [6.07, 6.45) is 1.55. The zero-order chi connectivity index (χ0) is 13.8. The van der Waals surface area contributed by atoms with Crippen LogP contribution in [-0.4, -0.2) is 28.9 Å². The SMILES string of the molecule is CC1(F)C(F)(F)C(F)(F)C2(F)C3C=CC(C3)C12F. The zero-order valence-corrected chi connectivity index (χ0v) is 9.16. The van der Waals surface area contributed by atoms with Gasteiger partial charge in [-0.25, -0.2) is 13.2 Å². The summed E-state index contributed by atoms with van der Waals surface area (Å²) in [7, 11) is 0. The standard InChI is InChI=1S/C11H9F7/c1-7(12)8(13)5-2-3-6(4-5)9(8,14)11(17,18)10(7,15)16/h2-3,5-6H,4H2,1H3. The molecule has 3 aliphatic carbocycles. The average molecular weight is 274 g/mol. The molecule has 0 spiro atoms. The number of hydrogen-bond acceptors (Lipinski definition) is 0. The molecule has 3 rings (SSSR count). The smallest absolute Gasteiger partial charge is 0.236 e. The van der Waals surface area contributed by atoms with Crippen LogP contribution in [0.2, 0.25) is 0 Å². The van der Waals surface area contributed by atoms with Crippen LogP contribution in [-0.2, 0) is 0 Å². The third kappa shape index (κ3) is 0.727. The number of alkyl halides is 7. The van der Waals surface area contributed by atoms with Crippen molar-refractivity contribution in [2.24, 2.45) is 11.8 Å². The third-order valence-electron chi connectivity index (χ3n) is 4.76.